The third-order valence-electron chi connectivity index (χ3n) is 3.82. The van der Waals surface area contributed by atoms with Crippen molar-refractivity contribution in [2.45, 2.75) is 39.3 Å². The highest BCUT2D eigenvalue weighted by Gasteiger charge is 2.23. The largest absolute Gasteiger partial charge is 0.393 e. The van der Waals surface area contributed by atoms with Crippen molar-refractivity contribution < 1.29 is 9.50 Å². The first kappa shape index (κ1) is 13.5. The molecule has 1 aliphatic rings. The molecule has 0 aromatic heterocycles. The first-order valence-electron chi connectivity index (χ1n) is 6.71. The van der Waals surface area contributed by atoms with Gasteiger partial charge < -0.3 is 5.11 Å². The molecule has 0 saturated carbocycles. The molecule has 3 heteroatoms. The van der Waals surface area contributed by atoms with E-state index in [1.165, 1.54) is 0 Å². The van der Waals surface area contributed by atoms with Crippen LogP contribution in [0.5, 0.6) is 0 Å². The Hall–Kier alpha value is -0.930. The molecule has 1 aliphatic heterocycles. The second kappa shape index (κ2) is 5.81. The van der Waals surface area contributed by atoms with Crippen molar-refractivity contribution >= 4 is 0 Å². The van der Waals surface area contributed by atoms with Gasteiger partial charge in [0.05, 0.1) is 6.10 Å². The molecule has 1 aromatic carbocycles. The minimum Gasteiger partial charge on any atom is -0.393 e. The van der Waals surface area contributed by atoms with Gasteiger partial charge in [0, 0.05) is 18.7 Å². The summed E-state index contributed by atoms with van der Waals surface area (Å²) in [6, 6.07) is 5.26. The van der Waals surface area contributed by atoms with Gasteiger partial charge in [-0.2, -0.15) is 0 Å². The molecule has 100 valence electrons. The van der Waals surface area contributed by atoms with E-state index in [0.717, 1.165) is 37.1 Å². The second-order valence-corrected chi connectivity index (χ2v) is 5.47. The van der Waals surface area contributed by atoms with Crippen molar-refractivity contribution in [3.8, 4) is 0 Å². The van der Waals surface area contributed by atoms with Gasteiger partial charge in [-0.25, -0.2) is 4.39 Å². The molecule has 2 atom stereocenters. The molecule has 18 heavy (non-hydrogen) atoms. The maximum atomic E-state index is 13.7. The number of hydrogen-bond acceptors (Lipinski definition) is 2. The van der Waals surface area contributed by atoms with E-state index in [1.807, 2.05) is 19.9 Å². The van der Waals surface area contributed by atoms with Crippen LogP contribution in [0.3, 0.4) is 0 Å². The summed E-state index contributed by atoms with van der Waals surface area (Å²) in [6.07, 6.45) is 1.89. The van der Waals surface area contributed by atoms with Gasteiger partial charge in [-0.1, -0.05) is 17.7 Å². The normalized spacial score (nSPS) is 23.0. The minimum atomic E-state index is -0.268. The van der Waals surface area contributed by atoms with Gasteiger partial charge >= 0.3 is 0 Å². The molecule has 0 amide bonds. The maximum absolute atomic E-state index is 13.7. The Morgan fingerprint density at radius 1 is 1.50 bits per heavy atom. The fourth-order valence-corrected chi connectivity index (χ4v) is 2.69. The lowest BCUT2D eigenvalue weighted by Gasteiger charge is -2.34. The summed E-state index contributed by atoms with van der Waals surface area (Å²) in [5.74, 6) is 0.200. The van der Waals surface area contributed by atoms with E-state index in [0.29, 0.717) is 12.5 Å². The molecule has 0 aliphatic carbocycles. The Bertz CT molecular complexity index is 405. The van der Waals surface area contributed by atoms with Crippen molar-refractivity contribution in [2.24, 2.45) is 5.92 Å². The first-order valence-corrected chi connectivity index (χ1v) is 6.71. The second-order valence-electron chi connectivity index (χ2n) is 5.47. The summed E-state index contributed by atoms with van der Waals surface area (Å²) in [5, 5.41) is 9.66. The van der Waals surface area contributed by atoms with Crippen LogP contribution >= 0.6 is 0 Å². The lowest BCUT2D eigenvalue weighted by Crippen LogP contribution is -2.39. The van der Waals surface area contributed by atoms with Gasteiger partial charge in [-0.05, 0) is 45.2 Å². The van der Waals surface area contributed by atoms with Crippen molar-refractivity contribution in [2.75, 3.05) is 13.1 Å². The fraction of sp³-hybridized carbons (Fsp3) is 0.600. The van der Waals surface area contributed by atoms with Crippen LogP contribution in [0.25, 0.3) is 0 Å². The highest BCUT2D eigenvalue weighted by molar-refractivity contribution is 5.24. The number of hydrogen-bond donors (Lipinski definition) is 1. The Balaban J connectivity index is 2.02. The van der Waals surface area contributed by atoms with Crippen molar-refractivity contribution in [3.63, 3.8) is 0 Å². The monoisotopic (exact) mass is 251 g/mol. The van der Waals surface area contributed by atoms with E-state index in [9.17, 15) is 9.50 Å². The summed E-state index contributed by atoms with van der Waals surface area (Å²) >= 11 is 0. The number of aliphatic hydroxyl groups excluding tert-OH is 1. The van der Waals surface area contributed by atoms with Crippen LogP contribution in [0.15, 0.2) is 18.2 Å². The van der Waals surface area contributed by atoms with Crippen LogP contribution in [-0.4, -0.2) is 29.2 Å². The van der Waals surface area contributed by atoms with Gasteiger partial charge in [-0.3, -0.25) is 4.90 Å². The van der Waals surface area contributed by atoms with Crippen LogP contribution in [0, 0.1) is 18.7 Å². The molecule has 1 N–H and O–H groups in total. The van der Waals surface area contributed by atoms with Crippen LogP contribution in [0.1, 0.15) is 30.9 Å². The van der Waals surface area contributed by atoms with Gasteiger partial charge in [0.1, 0.15) is 5.82 Å². The summed E-state index contributed by atoms with van der Waals surface area (Å²) in [4.78, 5) is 2.25. The molecule has 2 nitrogen and oxygen atoms in total. The summed E-state index contributed by atoms with van der Waals surface area (Å²) < 4.78 is 13.7. The van der Waals surface area contributed by atoms with Crippen LogP contribution < -0.4 is 0 Å². The molecule has 1 aromatic rings. The summed E-state index contributed by atoms with van der Waals surface area (Å²) in [6.45, 7) is 6.34. The van der Waals surface area contributed by atoms with E-state index in [2.05, 4.69) is 4.90 Å². The average molecular weight is 251 g/mol. The zero-order chi connectivity index (χ0) is 13.1. The highest BCUT2D eigenvalue weighted by Crippen LogP contribution is 2.22. The molecule has 1 saturated heterocycles. The number of piperidine rings is 1. The maximum Gasteiger partial charge on any atom is 0.127 e. The zero-order valence-electron chi connectivity index (χ0n) is 11.2. The number of rotatable bonds is 3. The summed E-state index contributed by atoms with van der Waals surface area (Å²) in [7, 11) is 0. The van der Waals surface area contributed by atoms with E-state index in [1.54, 1.807) is 12.1 Å². The predicted octanol–water partition coefficient (Wildman–Crippen LogP) is 2.73. The molecule has 1 heterocycles. The van der Waals surface area contributed by atoms with E-state index >= 15 is 0 Å². The van der Waals surface area contributed by atoms with Crippen molar-refractivity contribution in [3.05, 3.63) is 35.1 Å². The predicted molar refractivity (Wildman–Crippen MR) is 70.8 cm³/mol. The molecular formula is C15H22FNO. The number of likely N-dealkylation sites (tertiary alicyclic amines) is 1. The smallest absolute Gasteiger partial charge is 0.127 e. The van der Waals surface area contributed by atoms with Gasteiger partial charge in [0.25, 0.3) is 0 Å². The van der Waals surface area contributed by atoms with E-state index < -0.39 is 0 Å². The number of halogens is 1. The van der Waals surface area contributed by atoms with E-state index in [-0.39, 0.29) is 11.9 Å². The molecule has 0 spiro atoms. The molecule has 0 radical (unpaired) electrons. The standard InChI is InChI=1S/C15H22FNO/c1-11-5-6-15(16)14(8-11)10-17-7-3-4-13(9-17)12(2)18/h5-6,8,12-13,18H,3-4,7,9-10H2,1-2H3/t12-,13-/m1/s1. The SMILES string of the molecule is Cc1ccc(F)c(CN2CCC[C@@H]([C@@H](C)O)C2)c1. The lowest BCUT2D eigenvalue weighted by atomic mass is 9.93. The molecule has 1 fully saturated rings. The topological polar surface area (TPSA) is 23.5 Å². The van der Waals surface area contributed by atoms with Crippen LogP contribution in [0.2, 0.25) is 0 Å². The first-order chi connectivity index (χ1) is 8.56. The Morgan fingerprint density at radius 2 is 2.28 bits per heavy atom. The molecule has 2 rings (SSSR count). The van der Waals surface area contributed by atoms with Crippen molar-refractivity contribution in [1.82, 2.24) is 4.90 Å². The Morgan fingerprint density at radius 3 is 3.00 bits per heavy atom. The third kappa shape index (κ3) is 3.30. The molecule has 0 bridgehead atoms. The number of aliphatic hydroxyl groups is 1. The van der Waals surface area contributed by atoms with Gasteiger partial charge in [0.15, 0.2) is 0 Å². The van der Waals surface area contributed by atoms with Crippen molar-refractivity contribution in [1.29, 1.82) is 0 Å². The molecular weight excluding hydrogens is 229 g/mol. The zero-order valence-corrected chi connectivity index (χ0v) is 11.2. The fourth-order valence-electron chi connectivity index (χ4n) is 2.69. The molecule has 0 unspecified atom stereocenters. The number of nitrogens with zero attached hydrogens (tertiary/aromatic N) is 1. The van der Waals surface area contributed by atoms with Crippen LogP contribution in [-0.2, 0) is 6.54 Å². The Kier molecular flexibility index (Phi) is 4.36. The van der Waals surface area contributed by atoms with Gasteiger partial charge in [0.2, 0.25) is 0 Å². The number of benzene rings is 1. The van der Waals surface area contributed by atoms with Gasteiger partial charge in [-0.15, -0.1) is 0 Å². The third-order valence-corrected chi connectivity index (χ3v) is 3.82. The Labute approximate surface area is 108 Å². The summed E-state index contributed by atoms with van der Waals surface area (Å²) in [5.41, 5.74) is 1.86. The lowest BCUT2D eigenvalue weighted by molar-refractivity contribution is 0.0595. The van der Waals surface area contributed by atoms with E-state index in [4.69, 9.17) is 0 Å². The number of aryl methyl sites for hydroxylation is 1. The minimum absolute atomic E-state index is 0.125. The van der Waals surface area contributed by atoms with Crippen LogP contribution in [0.4, 0.5) is 4.39 Å². The average Bonchev–Trinajstić information content (AvgIpc) is 2.34. The quantitative estimate of drug-likeness (QED) is 0.893. The highest BCUT2D eigenvalue weighted by atomic mass is 19.1.